The van der Waals surface area contributed by atoms with Crippen LogP contribution in [0.1, 0.15) is 18.9 Å². The molecule has 0 spiro atoms. The van der Waals surface area contributed by atoms with Gasteiger partial charge in [0.25, 0.3) is 0 Å². The molecular weight excluding hydrogens is 503 g/mol. The van der Waals surface area contributed by atoms with Crippen LogP contribution in [0.2, 0.25) is 0 Å². The maximum atomic E-state index is 11.2. The highest BCUT2D eigenvalue weighted by Crippen LogP contribution is 2.20. The van der Waals surface area contributed by atoms with Gasteiger partial charge in [-0.1, -0.05) is 42.5 Å². The predicted molar refractivity (Wildman–Crippen MR) is 138 cm³/mol. The summed E-state index contributed by atoms with van der Waals surface area (Å²) in [6.45, 7) is 3.49. The Morgan fingerprint density at radius 1 is 0.968 bits per heavy atom. The third kappa shape index (κ3) is 8.09. The first kappa shape index (κ1) is 24.5. The number of hydrogen-bond donors (Lipinski definition) is 3. The van der Waals surface area contributed by atoms with Crippen molar-refractivity contribution in [3.63, 3.8) is 0 Å². The van der Waals surface area contributed by atoms with Crippen molar-refractivity contribution in [2.75, 3.05) is 25.5 Å². The van der Waals surface area contributed by atoms with E-state index in [4.69, 9.17) is 4.74 Å². The fraction of sp³-hybridized carbons (Fsp3) is 0.250. The Bertz CT molecular complexity index is 1020. The number of benzene rings is 3. The highest BCUT2D eigenvalue weighted by Gasteiger charge is 2.01. The maximum absolute atomic E-state index is 11.2. The first-order valence-corrected chi connectivity index (χ1v) is 10.1. The van der Waals surface area contributed by atoms with Gasteiger partial charge in [-0.05, 0) is 47.0 Å². The highest BCUT2D eigenvalue weighted by molar-refractivity contribution is 14.0. The predicted octanol–water partition coefficient (Wildman–Crippen LogP) is 4.55. The largest absolute Gasteiger partial charge is 0.494 e. The summed E-state index contributed by atoms with van der Waals surface area (Å²) in [4.78, 5) is 15.4. The van der Waals surface area contributed by atoms with Crippen LogP contribution in [0, 0.1) is 0 Å². The molecule has 0 radical (unpaired) electrons. The van der Waals surface area contributed by atoms with E-state index < -0.39 is 0 Å². The van der Waals surface area contributed by atoms with E-state index in [2.05, 4.69) is 45.2 Å². The first-order valence-electron chi connectivity index (χ1n) is 10.1. The van der Waals surface area contributed by atoms with Gasteiger partial charge in [0.1, 0.15) is 5.75 Å². The average Bonchev–Trinajstić information content (AvgIpc) is 2.75. The molecule has 1 amide bonds. The van der Waals surface area contributed by atoms with Gasteiger partial charge in [-0.3, -0.25) is 9.79 Å². The minimum atomic E-state index is -0.0801. The van der Waals surface area contributed by atoms with Crippen LogP contribution in [0.25, 0.3) is 10.8 Å². The van der Waals surface area contributed by atoms with Crippen molar-refractivity contribution >= 4 is 52.3 Å². The van der Waals surface area contributed by atoms with Gasteiger partial charge in [0, 0.05) is 32.7 Å². The van der Waals surface area contributed by atoms with Crippen molar-refractivity contribution in [2.45, 2.75) is 19.9 Å². The number of amides is 1. The minimum Gasteiger partial charge on any atom is -0.494 e. The lowest BCUT2D eigenvalue weighted by atomic mass is 10.1. The van der Waals surface area contributed by atoms with E-state index in [1.54, 1.807) is 7.05 Å². The normalized spacial score (nSPS) is 10.8. The monoisotopic (exact) mass is 532 g/mol. The third-order valence-corrected chi connectivity index (χ3v) is 4.53. The lowest BCUT2D eigenvalue weighted by molar-refractivity contribution is -0.114. The summed E-state index contributed by atoms with van der Waals surface area (Å²) in [6.07, 6.45) is 0.853. The second-order valence-electron chi connectivity index (χ2n) is 6.95. The van der Waals surface area contributed by atoms with Gasteiger partial charge in [0.15, 0.2) is 5.96 Å². The standard InChI is InChI=1S/C24H28N4O2.HI/c1-18(29)28-22-10-5-7-19(15-22)17-27-24(25-2)26-13-6-14-30-23-12-11-20-8-3-4-9-21(20)16-23;/h3-5,7-12,15-16H,6,13-14,17H2,1-2H3,(H,28,29)(H2,25,26,27);1H. The van der Waals surface area contributed by atoms with Crippen molar-refractivity contribution in [1.82, 2.24) is 10.6 Å². The number of halogens is 1. The van der Waals surface area contributed by atoms with E-state index in [9.17, 15) is 4.79 Å². The molecule has 0 aliphatic rings. The molecule has 0 heterocycles. The molecule has 0 saturated carbocycles. The second kappa shape index (κ2) is 12.8. The Hall–Kier alpha value is -2.81. The summed E-state index contributed by atoms with van der Waals surface area (Å²) in [7, 11) is 1.74. The smallest absolute Gasteiger partial charge is 0.221 e. The topological polar surface area (TPSA) is 74.8 Å². The molecule has 0 bridgehead atoms. The molecule has 164 valence electrons. The lowest BCUT2D eigenvalue weighted by Gasteiger charge is -2.13. The van der Waals surface area contributed by atoms with Crippen LogP contribution >= 0.6 is 24.0 Å². The number of nitrogens with one attached hydrogen (secondary N) is 3. The van der Waals surface area contributed by atoms with Gasteiger partial charge in [-0.25, -0.2) is 0 Å². The van der Waals surface area contributed by atoms with Crippen LogP contribution in [-0.4, -0.2) is 32.1 Å². The molecule has 0 unspecified atom stereocenters. The second-order valence-corrected chi connectivity index (χ2v) is 6.95. The van der Waals surface area contributed by atoms with E-state index in [-0.39, 0.29) is 29.9 Å². The Labute approximate surface area is 200 Å². The molecule has 0 fully saturated rings. The van der Waals surface area contributed by atoms with Crippen LogP contribution < -0.4 is 20.7 Å². The summed E-state index contributed by atoms with van der Waals surface area (Å²) < 4.78 is 5.87. The molecular formula is C24H29IN4O2. The molecule has 7 heteroatoms. The molecule has 0 atom stereocenters. The van der Waals surface area contributed by atoms with Gasteiger partial charge < -0.3 is 20.7 Å². The number of ether oxygens (including phenoxy) is 1. The van der Waals surface area contributed by atoms with E-state index in [0.717, 1.165) is 35.9 Å². The van der Waals surface area contributed by atoms with Crippen molar-refractivity contribution in [2.24, 2.45) is 4.99 Å². The zero-order chi connectivity index (χ0) is 21.2. The summed E-state index contributed by atoms with van der Waals surface area (Å²) in [5.41, 5.74) is 1.85. The number of guanidine groups is 1. The van der Waals surface area contributed by atoms with E-state index in [0.29, 0.717) is 13.2 Å². The highest BCUT2D eigenvalue weighted by atomic mass is 127. The van der Waals surface area contributed by atoms with Gasteiger partial charge in [0.2, 0.25) is 5.91 Å². The number of aliphatic imine (C=N–C) groups is 1. The summed E-state index contributed by atoms with van der Waals surface area (Å²) in [6, 6.07) is 22.1. The van der Waals surface area contributed by atoms with E-state index >= 15 is 0 Å². The van der Waals surface area contributed by atoms with Crippen LogP contribution in [0.3, 0.4) is 0 Å². The fourth-order valence-electron chi connectivity index (χ4n) is 3.09. The number of carbonyl (C=O) groups excluding carboxylic acids is 1. The maximum Gasteiger partial charge on any atom is 0.221 e. The van der Waals surface area contributed by atoms with Gasteiger partial charge in [0.05, 0.1) is 6.61 Å². The molecule has 3 aromatic carbocycles. The summed E-state index contributed by atoms with van der Waals surface area (Å²) in [5, 5.41) is 11.8. The van der Waals surface area contributed by atoms with Crippen LogP contribution in [-0.2, 0) is 11.3 Å². The molecule has 0 aliphatic carbocycles. The van der Waals surface area contributed by atoms with Crippen molar-refractivity contribution < 1.29 is 9.53 Å². The number of anilines is 1. The zero-order valence-electron chi connectivity index (χ0n) is 17.9. The Morgan fingerprint density at radius 3 is 2.55 bits per heavy atom. The molecule has 0 aliphatic heterocycles. The van der Waals surface area contributed by atoms with Crippen molar-refractivity contribution in [1.29, 1.82) is 0 Å². The number of fused-ring (bicyclic) bond motifs is 1. The average molecular weight is 532 g/mol. The molecule has 3 rings (SSSR count). The van der Waals surface area contributed by atoms with Crippen molar-refractivity contribution in [3.05, 3.63) is 72.3 Å². The molecule has 0 aromatic heterocycles. The quantitative estimate of drug-likeness (QED) is 0.172. The van der Waals surface area contributed by atoms with E-state index in [1.165, 1.54) is 17.7 Å². The summed E-state index contributed by atoms with van der Waals surface area (Å²) >= 11 is 0. The molecule has 6 nitrogen and oxygen atoms in total. The Morgan fingerprint density at radius 2 is 1.77 bits per heavy atom. The molecule has 31 heavy (non-hydrogen) atoms. The number of nitrogens with zero attached hydrogens (tertiary/aromatic N) is 1. The van der Waals surface area contributed by atoms with Crippen molar-refractivity contribution in [3.8, 4) is 5.75 Å². The van der Waals surface area contributed by atoms with E-state index in [1.807, 2.05) is 42.5 Å². The van der Waals surface area contributed by atoms with Gasteiger partial charge in [-0.2, -0.15) is 0 Å². The summed E-state index contributed by atoms with van der Waals surface area (Å²) in [5.74, 6) is 1.53. The number of rotatable bonds is 8. The van der Waals surface area contributed by atoms with Gasteiger partial charge in [-0.15, -0.1) is 24.0 Å². The number of carbonyl (C=O) groups is 1. The SMILES string of the molecule is CN=C(NCCCOc1ccc2ccccc2c1)NCc1cccc(NC(C)=O)c1.I. The Balaban J connectivity index is 0.00000341. The molecule has 3 N–H and O–H groups in total. The lowest BCUT2D eigenvalue weighted by Crippen LogP contribution is -2.37. The first-order chi connectivity index (χ1) is 14.6. The van der Waals surface area contributed by atoms with Crippen LogP contribution in [0.15, 0.2) is 71.7 Å². The molecule has 0 saturated heterocycles. The number of hydrogen-bond acceptors (Lipinski definition) is 3. The van der Waals surface area contributed by atoms with Crippen LogP contribution in [0.4, 0.5) is 5.69 Å². The van der Waals surface area contributed by atoms with Gasteiger partial charge >= 0.3 is 0 Å². The van der Waals surface area contributed by atoms with Crippen LogP contribution in [0.5, 0.6) is 5.75 Å². The fourth-order valence-corrected chi connectivity index (χ4v) is 3.09. The third-order valence-electron chi connectivity index (χ3n) is 4.53. The molecule has 3 aromatic rings. The zero-order valence-corrected chi connectivity index (χ0v) is 20.2. The Kier molecular flexibility index (Phi) is 10.1. The minimum absolute atomic E-state index is 0.